The third-order valence-corrected chi connectivity index (χ3v) is 5.53. The van der Waals surface area contributed by atoms with E-state index in [0.29, 0.717) is 28.8 Å². The number of carboxylic acids is 2. The van der Waals surface area contributed by atoms with Gasteiger partial charge >= 0.3 is 11.9 Å². The smallest absolute Gasteiger partial charge is 0.326 e. The molecule has 0 aliphatic heterocycles. The fourth-order valence-electron chi connectivity index (χ4n) is 2.94. The minimum absolute atomic E-state index is 0.0367. The molecular formula is C18H19N5O6S. The number of anilines is 1. The second-order valence-electron chi connectivity index (χ2n) is 6.51. The number of amides is 1. The van der Waals surface area contributed by atoms with Gasteiger partial charge in [-0.05, 0) is 37.0 Å². The Labute approximate surface area is 173 Å². The fraction of sp³-hybridized carbons (Fsp3) is 0.278. The van der Waals surface area contributed by atoms with E-state index in [9.17, 15) is 19.5 Å². The largest absolute Gasteiger partial charge is 0.493 e. The van der Waals surface area contributed by atoms with Crippen molar-refractivity contribution in [1.82, 2.24) is 20.3 Å². The first-order valence-electron chi connectivity index (χ1n) is 8.91. The van der Waals surface area contributed by atoms with Crippen LogP contribution in [-0.4, -0.2) is 54.2 Å². The molecule has 0 aliphatic carbocycles. The molecule has 12 heteroatoms. The summed E-state index contributed by atoms with van der Waals surface area (Å²) < 4.78 is 0. The van der Waals surface area contributed by atoms with E-state index in [1.807, 2.05) is 0 Å². The van der Waals surface area contributed by atoms with Crippen molar-refractivity contribution in [3.8, 4) is 5.88 Å². The van der Waals surface area contributed by atoms with Crippen molar-refractivity contribution in [2.45, 2.75) is 31.7 Å². The molecule has 0 fully saturated rings. The number of hydrogen-bond acceptors (Lipinski definition) is 8. The number of carbonyl (C=O) groups is 3. The van der Waals surface area contributed by atoms with E-state index in [4.69, 9.17) is 15.9 Å². The van der Waals surface area contributed by atoms with E-state index in [1.165, 1.54) is 11.3 Å². The van der Waals surface area contributed by atoms with Gasteiger partial charge in [0.25, 0.3) is 5.91 Å². The van der Waals surface area contributed by atoms with Crippen molar-refractivity contribution in [3.05, 3.63) is 33.6 Å². The first-order chi connectivity index (χ1) is 14.2. The van der Waals surface area contributed by atoms with Crippen molar-refractivity contribution < 1.29 is 29.7 Å². The number of carbonyl (C=O) groups excluding carboxylic acids is 1. The summed E-state index contributed by atoms with van der Waals surface area (Å²) in [6.07, 6.45) is 2.25. The van der Waals surface area contributed by atoms with Crippen LogP contribution < -0.4 is 11.1 Å². The summed E-state index contributed by atoms with van der Waals surface area (Å²) in [5.41, 5.74) is 6.74. The zero-order chi connectivity index (χ0) is 21.8. The molecule has 3 rings (SSSR count). The van der Waals surface area contributed by atoms with Crippen LogP contribution in [0.5, 0.6) is 5.88 Å². The first-order valence-corrected chi connectivity index (χ1v) is 9.73. The molecule has 3 aromatic heterocycles. The number of aliphatic carboxylic acids is 2. The number of aryl methyl sites for hydroxylation is 2. The molecule has 1 atom stereocenters. The summed E-state index contributed by atoms with van der Waals surface area (Å²) in [7, 11) is 0. The number of nitrogens with two attached hydrogens (primary N) is 1. The van der Waals surface area contributed by atoms with Gasteiger partial charge in [0.1, 0.15) is 11.7 Å². The molecule has 3 aromatic rings. The standard InChI is InChI=1S/C18H19N5O6S/c19-18-22-14-13(16(27)23-18)8(7-20-14)1-2-9-3-5-11(30-9)15(26)21-10(17(28)29)4-6-12(24)25/h3,5,7,10H,1-2,4,6H2,(H,21,26)(H,24,25)(H,28,29)(H4,19,20,22,23,27)/t10-/m0/s1. The number of fused-ring (bicyclic) bond motifs is 1. The van der Waals surface area contributed by atoms with Crippen LogP contribution in [0, 0.1) is 0 Å². The topological polar surface area (TPSA) is 192 Å². The minimum Gasteiger partial charge on any atom is -0.493 e. The summed E-state index contributed by atoms with van der Waals surface area (Å²) in [5, 5.41) is 30.7. The molecule has 0 aliphatic rings. The van der Waals surface area contributed by atoms with E-state index >= 15 is 0 Å². The lowest BCUT2D eigenvalue weighted by molar-refractivity contribution is -0.140. The van der Waals surface area contributed by atoms with Gasteiger partial charge in [-0.25, -0.2) is 4.79 Å². The lowest BCUT2D eigenvalue weighted by Crippen LogP contribution is -2.40. The SMILES string of the molecule is Nc1nc(O)c2c(CCc3ccc(C(=O)N[C@@H](CCC(=O)O)C(=O)O)s3)c[nH]c2n1. The van der Waals surface area contributed by atoms with Crippen LogP contribution in [0.25, 0.3) is 11.0 Å². The third-order valence-electron chi connectivity index (χ3n) is 4.39. The molecule has 0 aromatic carbocycles. The number of carboxylic acid groups (broad SMARTS) is 2. The normalized spacial score (nSPS) is 12.0. The molecule has 11 nitrogen and oxygen atoms in total. The number of H-pyrrole nitrogens is 1. The van der Waals surface area contributed by atoms with Crippen LogP contribution in [0.2, 0.25) is 0 Å². The Morgan fingerprint density at radius 1 is 1.20 bits per heavy atom. The van der Waals surface area contributed by atoms with Gasteiger partial charge in [0.2, 0.25) is 11.8 Å². The zero-order valence-corrected chi connectivity index (χ0v) is 16.4. The highest BCUT2D eigenvalue weighted by Gasteiger charge is 2.22. The molecule has 1 amide bonds. The zero-order valence-electron chi connectivity index (χ0n) is 15.6. The van der Waals surface area contributed by atoms with Crippen molar-refractivity contribution in [2.24, 2.45) is 0 Å². The Kier molecular flexibility index (Phi) is 6.16. The Bertz CT molecular complexity index is 1110. The number of thiophene rings is 1. The van der Waals surface area contributed by atoms with E-state index in [1.54, 1.807) is 18.3 Å². The number of nitrogens with one attached hydrogen (secondary N) is 2. The predicted octanol–water partition coefficient (Wildman–Crippen LogP) is 1.14. The van der Waals surface area contributed by atoms with Gasteiger partial charge in [-0.3, -0.25) is 9.59 Å². The summed E-state index contributed by atoms with van der Waals surface area (Å²) >= 11 is 1.21. The number of hydrogen-bond donors (Lipinski definition) is 6. The molecule has 0 radical (unpaired) electrons. The van der Waals surface area contributed by atoms with E-state index in [0.717, 1.165) is 10.4 Å². The van der Waals surface area contributed by atoms with Crippen LogP contribution in [0.15, 0.2) is 18.3 Å². The van der Waals surface area contributed by atoms with Crippen molar-refractivity contribution in [3.63, 3.8) is 0 Å². The monoisotopic (exact) mass is 433 g/mol. The lowest BCUT2D eigenvalue weighted by Gasteiger charge is -2.12. The third kappa shape index (κ3) is 4.84. The first kappa shape index (κ1) is 21.0. The minimum atomic E-state index is -1.29. The van der Waals surface area contributed by atoms with Crippen molar-refractivity contribution in [1.29, 1.82) is 0 Å². The second kappa shape index (κ2) is 8.78. The van der Waals surface area contributed by atoms with E-state index in [2.05, 4.69) is 20.3 Å². The molecule has 7 N–H and O–H groups in total. The van der Waals surface area contributed by atoms with Gasteiger partial charge in [-0.15, -0.1) is 11.3 Å². The van der Waals surface area contributed by atoms with Gasteiger partial charge in [0, 0.05) is 17.5 Å². The van der Waals surface area contributed by atoms with Gasteiger partial charge in [0.15, 0.2) is 0 Å². The van der Waals surface area contributed by atoms with Crippen molar-refractivity contribution >= 4 is 46.2 Å². The summed E-state index contributed by atoms with van der Waals surface area (Å²) in [4.78, 5) is 46.1. The molecule has 0 spiro atoms. The average Bonchev–Trinajstić information content (AvgIpc) is 3.29. The molecule has 0 saturated carbocycles. The molecule has 158 valence electrons. The predicted molar refractivity (Wildman–Crippen MR) is 107 cm³/mol. The number of rotatable bonds is 9. The van der Waals surface area contributed by atoms with Crippen LogP contribution in [0.4, 0.5) is 5.95 Å². The van der Waals surface area contributed by atoms with Gasteiger partial charge in [0.05, 0.1) is 10.3 Å². The average molecular weight is 433 g/mol. The van der Waals surface area contributed by atoms with Crippen LogP contribution in [0.3, 0.4) is 0 Å². The quantitative estimate of drug-likeness (QED) is 0.287. The highest BCUT2D eigenvalue weighted by atomic mass is 32.1. The fourth-order valence-corrected chi connectivity index (χ4v) is 3.85. The van der Waals surface area contributed by atoms with Crippen LogP contribution >= 0.6 is 11.3 Å². The summed E-state index contributed by atoms with van der Waals surface area (Å²) in [5.74, 6) is -3.24. The van der Waals surface area contributed by atoms with Crippen molar-refractivity contribution in [2.75, 3.05) is 5.73 Å². The van der Waals surface area contributed by atoms with Gasteiger partial charge in [-0.2, -0.15) is 9.97 Å². The molecular weight excluding hydrogens is 414 g/mol. The highest BCUT2D eigenvalue weighted by molar-refractivity contribution is 7.14. The maximum atomic E-state index is 12.3. The molecule has 0 saturated heterocycles. The number of aromatic hydroxyl groups is 1. The highest BCUT2D eigenvalue weighted by Crippen LogP contribution is 2.27. The van der Waals surface area contributed by atoms with E-state index < -0.39 is 23.9 Å². The lowest BCUT2D eigenvalue weighted by atomic mass is 10.1. The summed E-state index contributed by atoms with van der Waals surface area (Å²) in [6.45, 7) is 0. The summed E-state index contributed by atoms with van der Waals surface area (Å²) in [6, 6.07) is 2.07. The number of aromatic nitrogens is 3. The number of nitrogen functional groups attached to an aromatic ring is 1. The maximum absolute atomic E-state index is 12.3. The van der Waals surface area contributed by atoms with Crippen LogP contribution in [-0.2, 0) is 22.4 Å². The molecule has 30 heavy (non-hydrogen) atoms. The van der Waals surface area contributed by atoms with Gasteiger partial charge < -0.3 is 31.4 Å². The number of nitrogens with zero attached hydrogens (tertiary/aromatic N) is 2. The van der Waals surface area contributed by atoms with E-state index in [-0.39, 0.29) is 24.7 Å². The van der Waals surface area contributed by atoms with Crippen LogP contribution in [0.1, 0.15) is 33.0 Å². The second-order valence-corrected chi connectivity index (χ2v) is 7.67. The molecule has 3 heterocycles. The molecule has 0 bridgehead atoms. The Morgan fingerprint density at radius 2 is 1.97 bits per heavy atom. The Morgan fingerprint density at radius 3 is 2.67 bits per heavy atom. The maximum Gasteiger partial charge on any atom is 0.326 e. The van der Waals surface area contributed by atoms with Gasteiger partial charge in [-0.1, -0.05) is 0 Å². The number of aromatic amines is 1. The Hall–Kier alpha value is -3.67. The molecule has 0 unspecified atom stereocenters. The Balaban J connectivity index is 1.64.